The zero-order valence-electron chi connectivity index (χ0n) is 8.71. The first-order valence-corrected chi connectivity index (χ1v) is 5.02. The van der Waals surface area contributed by atoms with Crippen LogP contribution >= 0.6 is 0 Å². The van der Waals surface area contributed by atoms with Gasteiger partial charge in [0.1, 0.15) is 0 Å². The van der Waals surface area contributed by atoms with Crippen LogP contribution in [0.3, 0.4) is 0 Å². The number of carbonyl (C=O) groups is 1. The fourth-order valence-electron chi connectivity index (χ4n) is 1.76. The maximum atomic E-state index is 10.7. The predicted octanol–water partition coefficient (Wildman–Crippen LogP) is 1.89. The van der Waals surface area contributed by atoms with Gasteiger partial charge in [0.25, 0.3) is 0 Å². The molecule has 0 saturated heterocycles. The minimum atomic E-state index is -0.253. The van der Waals surface area contributed by atoms with E-state index in [0.29, 0.717) is 12.8 Å². The highest BCUT2D eigenvalue weighted by Gasteiger charge is 2.04. The SMILES string of the molecule is Cc1ccc2c(CCC(N)=O)c[nH]c2c1. The number of rotatable bonds is 3. The number of benzene rings is 1. The number of fused-ring (bicyclic) bond motifs is 1. The molecular weight excluding hydrogens is 188 g/mol. The van der Waals surface area contributed by atoms with E-state index in [1.54, 1.807) is 0 Å². The van der Waals surface area contributed by atoms with Gasteiger partial charge in [-0.05, 0) is 30.5 Å². The number of aromatic amines is 1. The minimum Gasteiger partial charge on any atom is -0.370 e. The molecule has 0 aliphatic rings. The number of hydrogen-bond acceptors (Lipinski definition) is 1. The number of aryl methyl sites for hydroxylation is 2. The Balaban J connectivity index is 2.32. The molecule has 1 amide bonds. The Morgan fingerprint density at radius 2 is 2.27 bits per heavy atom. The molecule has 0 saturated carbocycles. The lowest BCUT2D eigenvalue weighted by atomic mass is 10.1. The average Bonchev–Trinajstić information content (AvgIpc) is 2.57. The van der Waals surface area contributed by atoms with Gasteiger partial charge in [-0.2, -0.15) is 0 Å². The first-order chi connectivity index (χ1) is 7.16. The van der Waals surface area contributed by atoms with Crippen molar-refractivity contribution in [3.05, 3.63) is 35.5 Å². The van der Waals surface area contributed by atoms with Crippen LogP contribution in [0.5, 0.6) is 0 Å². The molecule has 1 aromatic carbocycles. The van der Waals surface area contributed by atoms with Crippen LogP contribution in [-0.4, -0.2) is 10.9 Å². The Bertz CT molecular complexity index is 499. The lowest BCUT2D eigenvalue weighted by Crippen LogP contribution is -2.10. The molecule has 3 nitrogen and oxygen atoms in total. The molecule has 0 fully saturated rings. The van der Waals surface area contributed by atoms with Gasteiger partial charge in [0, 0.05) is 23.5 Å². The molecule has 0 aliphatic carbocycles. The lowest BCUT2D eigenvalue weighted by molar-refractivity contribution is -0.117. The fraction of sp³-hybridized carbons (Fsp3) is 0.250. The van der Waals surface area contributed by atoms with Gasteiger partial charge >= 0.3 is 0 Å². The number of H-pyrrole nitrogens is 1. The quantitative estimate of drug-likeness (QED) is 0.784. The van der Waals surface area contributed by atoms with Gasteiger partial charge in [0.2, 0.25) is 5.91 Å². The standard InChI is InChI=1S/C12H14N2O/c1-8-2-4-10-9(3-5-12(13)15)7-14-11(10)6-8/h2,4,6-7,14H,3,5H2,1H3,(H2,13,15). The van der Waals surface area contributed by atoms with Gasteiger partial charge in [-0.3, -0.25) is 4.79 Å². The maximum Gasteiger partial charge on any atom is 0.217 e. The molecule has 1 heterocycles. The molecule has 0 radical (unpaired) electrons. The molecule has 2 aromatic rings. The number of nitrogens with two attached hydrogens (primary N) is 1. The van der Waals surface area contributed by atoms with E-state index in [9.17, 15) is 4.79 Å². The summed E-state index contributed by atoms with van der Waals surface area (Å²) < 4.78 is 0. The molecule has 15 heavy (non-hydrogen) atoms. The second kappa shape index (κ2) is 3.77. The molecule has 1 aromatic heterocycles. The van der Waals surface area contributed by atoms with Crippen LogP contribution in [0.1, 0.15) is 17.5 Å². The molecule has 78 valence electrons. The molecule has 0 atom stereocenters. The fourth-order valence-corrected chi connectivity index (χ4v) is 1.76. The summed E-state index contributed by atoms with van der Waals surface area (Å²) in [5.41, 5.74) is 8.63. The van der Waals surface area contributed by atoms with Crippen LogP contribution in [0.25, 0.3) is 10.9 Å². The molecule has 3 heteroatoms. The molecule has 2 rings (SSSR count). The van der Waals surface area contributed by atoms with E-state index >= 15 is 0 Å². The van der Waals surface area contributed by atoms with Gasteiger partial charge in [-0.25, -0.2) is 0 Å². The minimum absolute atomic E-state index is 0.253. The summed E-state index contributed by atoms with van der Waals surface area (Å²) in [6.45, 7) is 2.06. The van der Waals surface area contributed by atoms with Crippen LogP contribution in [0.4, 0.5) is 0 Å². The van der Waals surface area contributed by atoms with Crippen molar-refractivity contribution in [2.75, 3.05) is 0 Å². The maximum absolute atomic E-state index is 10.7. The Morgan fingerprint density at radius 3 is 3.00 bits per heavy atom. The number of nitrogens with one attached hydrogen (secondary N) is 1. The van der Waals surface area contributed by atoms with Gasteiger partial charge in [-0.1, -0.05) is 12.1 Å². The summed E-state index contributed by atoms with van der Waals surface area (Å²) in [6.07, 6.45) is 3.06. The molecule has 0 unspecified atom stereocenters. The number of hydrogen-bond donors (Lipinski definition) is 2. The zero-order chi connectivity index (χ0) is 10.8. The smallest absolute Gasteiger partial charge is 0.217 e. The van der Waals surface area contributed by atoms with E-state index in [4.69, 9.17) is 5.73 Å². The van der Waals surface area contributed by atoms with Gasteiger partial charge in [0.15, 0.2) is 0 Å². The Hall–Kier alpha value is -1.77. The van der Waals surface area contributed by atoms with Crippen molar-refractivity contribution in [3.63, 3.8) is 0 Å². The van der Waals surface area contributed by atoms with Crippen molar-refractivity contribution in [1.82, 2.24) is 4.98 Å². The van der Waals surface area contributed by atoms with E-state index in [1.165, 1.54) is 10.9 Å². The largest absolute Gasteiger partial charge is 0.370 e. The highest BCUT2D eigenvalue weighted by Crippen LogP contribution is 2.20. The molecule has 0 spiro atoms. The summed E-state index contributed by atoms with van der Waals surface area (Å²) in [5, 5.41) is 1.18. The Morgan fingerprint density at radius 1 is 1.47 bits per heavy atom. The molecular formula is C12H14N2O. The summed E-state index contributed by atoms with van der Waals surface area (Å²) in [5.74, 6) is -0.253. The average molecular weight is 202 g/mol. The van der Waals surface area contributed by atoms with Crippen molar-refractivity contribution < 1.29 is 4.79 Å². The van der Waals surface area contributed by atoms with Crippen molar-refractivity contribution >= 4 is 16.8 Å². The second-order valence-corrected chi connectivity index (χ2v) is 3.83. The third-order valence-corrected chi connectivity index (χ3v) is 2.56. The number of primary amides is 1. The summed E-state index contributed by atoms with van der Waals surface area (Å²) in [6, 6.07) is 6.25. The summed E-state index contributed by atoms with van der Waals surface area (Å²) >= 11 is 0. The summed E-state index contributed by atoms with van der Waals surface area (Å²) in [4.78, 5) is 13.9. The molecule has 0 aliphatic heterocycles. The van der Waals surface area contributed by atoms with E-state index < -0.39 is 0 Å². The number of amides is 1. The van der Waals surface area contributed by atoms with E-state index in [0.717, 1.165) is 11.1 Å². The zero-order valence-corrected chi connectivity index (χ0v) is 8.71. The normalized spacial score (nSPS) is 10.7. The van der Waals surface area contributed by atoms with Crippen molar-refractivity contribution in [3.8, 4) is 0 Å². The Labute approximate surface area is 88.3 Å². The highest BCUT2D eigenvalue weighted by atomic mass is 16.1. The number of carbonyl (C=O) groups excluding carboxylic acids is 1. The molecule has 3 N–H and O–H groups in total. The number of aromatic nitrogens is 1. The van der Waals surface area contributed by atoms with E-state index in [-0.39, 0.29) is 5.91 Å². The summed E-state index contributed by atoms with van der Waals surface area (Å²) in [7, 11) is 0. The lowest BCUT2D eigenvalue weighted by Gasteiger charge is -1.97. The van der Waals surface area contributed by atoms with Gasteiger partial charge in [0.05, 0.1) is 0 Å². The topological polar surface area (TPSA) is 58.9 Å². The third-order valence-electron chi connectivity index (χ3n) is 2.56. The Kier molecular flexibility index (Phi) is 2.46. The predicted molar refractivity (Wildman–Crippen MR) is 60.6 cm³/mol. The van der Waals surface area contributed by atoms with Crippen LogP contribution in [0, 0.1) is 6.92 Å². The second-order valence-electron chi connectivity index (χ2n) is 3.83. The first-order valence-electron chi connectivity index (χ1n) is 5.02. The van der Waals surface area contributed by atoms with Crippen LogP contribution in [0.2, 0.25) is 0 Å². The van der Waals surface area contributed by atoms with E-state index in [1.807, 2.05) is 6.20 Å². The van der Waals surface area contributed by atoms with Gasteiger partial charge < -0.3 is 10.7 Å². The van der Waals surface area contributed by atoms with Crippen molar-refractivity contribution in [2.24, 2.45) is 5.73 Å². The van der Waals surface area contributed by atoms with E-state index in [2.05, 4.69) is 30.1 Å². The van der Waals surface area contributed by atoms with Gasteiger partial charge in [-0.15, -0.1) is 0 Å². The third kappa shape index (κ3) is 2.01. The highest BCUT2D eigenvalue weighted by molar-refractivity contribution is 5.84. The van der Waals surface area contributed by atoms with Crippen LogP contribution in [0.15, 0.2) is 24.4 Å². The van der Waals surface area contributed by atoms with Crippen LogP contribution < -0.4 is 5.73 Å². The van der Waals surface area contributed by atoms with Crippen molar-refractivity contribution in [1.29, 1.82) is 0 Å². The monoisotopic (exact) mass is 202 g/mol. The van der Waals surface area contributed by atoms with Crippen LogP contribution in [-0.2, 0) is 11.2 Å². The molecule has 0 bridgehead atoms. The van der Waals surface area contributed by atoms with Crippen molar-refractivity contribution in [2.45, 2.75) is 19.8 Å². The first kappa shape index (κ1) is 9.77.